The first-order valence-electron chi connectivity index (χ1n) is 9.22. The Labute approximate surface area is 164 Å². The van der Waals surface area contributed by atoms with Crippen molar-refractivity contribution in [2.75, 3.05) is 23.8 Å². The summed E-state index contributed by atoms with van der Waals surface area (Å²) in [5.41, 5.74) is 3.02. The van der Waals surface area contributed by atoms with E-state index in [-0.39, 0.29) is 5.41 Å². The van der Waals surface area contributed by atoms with Gasteiger partial charge in [-0.3, -0.25) is 0 Å². The molecule has 7 heteroatoms. The smallest absolute Gasteiger partial charge is 0.249 e. The lowest BCUT2D eigenvalue weighted by molar-refractivity contribution is 0.171. The lowest BCUT2D eigenvalue weighted by Gasteiger charge is -2.23. The SMILES string of the molecule is CC(C)(C)c1ccccc1Nc1cnnc(Nc2ccc3c(c2)OCCO3)n1. The molecule has 2 heterocycles. The molecule has 1 aliphatic heterocycles. The monoisotopic (exact) mass is 377 g/mol. The minimum absolute atomic E-state index is 0.0103. The van der Waals surface area contributed by atoms with Gasteiger partial charge in [0.1, 0.15) is 13.2 Å². The van der Waals surface area contributed by atoms with Crippen molar-refractivity contribution < 1.29 is 9.47 Å². The summed E-state index contributed by atoms with van der Waals surface area (Å²) in [5.74, 6) is 2.46. The number of nitrogens with one attached hydrogen (secondary N) is 2. The molecule has 0 bridgehead atoms. The van der Waals surface area contributed by atoms with E-state index < -0.39 is 0 Å². The molecular weight excluding hydrogens is 354 g/mol. The number of benzene rings is 2. The summed E-state index contributed by atoms with van der Waals surface area (Å²) in [4.78, 5) is 4.53. The molecule has 0 radical (unpaired) electrons. The number of hydrogen-bond donors (Lipinski definition) is 2. The summed E-state index contributed by atoms with van der Waals surface area (Å²) in [6, 6.07) is 13.8. The van der Waals surface area contributed by atoms with Crippen molar-refractivity contribution in [1.29, 1.82) is 0 Å². The Kier molecular flexibility index (Phi) is 4.73. The van der Waals surface area contributed by atoms with Crippen LogP contribution in [0.2, 0.25) is 0 Å². The summed E-state index contributed by atoms with van der Waals surface area (Å²) >= 11 is 0. The third-order valence-corrected chi connectivity index (χ3v) is 4.35. The van der Waals surface area contributed by atoms with Crippen molar-refractivity contribution in [1.82, 2.24) is 15.2 Å². The second kappa shape index (κ2) is 7.34. The lowest BCUT2D eigenvalue weighted by Crippen LogP contribution is -2.15. The number of rotatable bonds is 4. The number of nitrogens with zero attached hydrogens (tertiary/aromatic N) is 3. The minimum atomic E-state index is 0.0103. The molecule has 0 saturated carbocycles. The fourth-order valence-electron chi connectivity index (χ4n) is 3.05. The average molecular weight is 377 g/mol. The molecule has 0 spiro atoms. The van der Waals surface area contributed by atoms with E-state index >= 15 is 0 Å². The van der Waals surface area contributed by atoms with Crippen LogP contribution in [-0.4, -0.2) is 28.4 Å². The van der Waals surface area contributed by atoms with Crippen molar-refractivity contribution in [3.05, 3.63) is 54.2 Å². The van der Waals surface area contributed by atoms with Crippen molar-refractivity contribution >= 4 is 23.1 Å². The van der Waals surface area contributed by atoms with Gasteiger partial charge in [-0.2, -0.15) is 10.1 Å². The quantitative estimate of drug-likeness (QED) is 0.696. The molecule has 28 heavy (non-hydrogen) atoms. The number of ether oxygens (including phenoxy) is 2. The van der Waals surface area contributed by atoms with E-state index in [0.717, 1.165) is 17.1 Å². The Hall–Kier alpha value is -3.35. The molecule has 3 aromatic rings. The predicted octanol–water partition coefficient (Wildman–Crippen LogP) is 4.43. The fourth-order valence-corrected chi connectivity index (χ4v) is 3.05. The van der Waals surface area contributed by atoms with Crippen molar-refractivity contribution in [3.63, 3.8) is 0 Å². The van der Waals surface area contributed by atoms with Crippen LogP contribution in [0.1, 0.15) is 26.3 Å². The fraction of sp³-hybridized carbons (Fsp3) is 0.286. The van der Waals surface area contributed by atoms with Crippen molar-refractivity contribution in [3.8, 4) is 11.5 Å². The van der Waals surface area contributed by atoms with Gasteiger partial charge in [0.05, 0.1) is 6.20 Å². The first kappa shape index (κ1) is 18.0. The molecular formula is C21H23N5O2. The van der Waals surface area contributed by atoms with E-state index in [2.05, 4.69) is 52.7 Å². The van der Waals surface area contributed by atoms with Gasteiger partial charge in [0.2, 0.25) is 5.95 Å². The molecule has 0 fully saturated rings. The summed E-state index contributed by atoms with van der Waals surface area (Å²) in [7, 11) is 0. The number of fused-ring (bicyclic) bond motifs is 1. The zero-order valence-corrected chi connectivity index (χ0v) is 16.2. The maximum atomic E-state index is 5.62. The van der Waals surface area contributed by atoms with E-state index in [1.807, 2.05) is 36.4 Å². The molecule has 0 amide bonds. The number of hydrogen-bond acceptors (Lipinski definition) is 7. The first-order valence-corrected chi connectivity index (χ1v) is 9.22. The van der Waals surface area contributed by atoms with E-state index in [1.165, 1.54) is 5.56 Å². The van der Waals surface area contributed by atoms with Gasteiger partial charge in [0.25, 0.3) is 0 Å². The second-order valence-electron chi connectivity index (χ2n) is 7.57. The second-order valence-corrected chi connectivity index (χ2v) is 7.57. The molecule has 7 nitrogen and oxygen atoms in total. The van der Waals surface area contributed by atoms with Gasteiger partial charge < -0.3 is 20.1 Å². The Balaban J connectivity index is 1.54. The molecule has 144 valence electrons. The maximum absolute atomic E-state index is 5.62. The van der Waals surface area contributed by atoms with Crippen LogP contribution in [-0.2, 0) is 5.41 Å². The van der Waals surface area contributed by atoms with Crippen LogP contribution in [0.25, 0.3) is 0 Å². The number of anilines is 4. The maximum Gasteiger partial charge on any atom is 0.249 e. The first-order chi connectivity index (χ1) is 13.5. The van der Waals surface area contributed by atoms with E-state index in [9.17, 15) is 0 Å². The van der Waals surface area contributed by atoms with Gasteiger partial charge in [0.15, 0.2) is 17.3 Å². The Bertz CT molecular complexity index is 985. The molecule has 0 aliphatic carbocycles. The molecule has 2 N–H and O–H groups in total. The summed E-state index contributed by atoms with van der Waals surface area (Å²) in [6.07, 6.45) is 1.61. The van der Waals surface area contributed by atoms with E-state index in [4.69, 9.17) is 9.47 Å². The van der Waals surface area contributed by atoms with Gasteiger partial charge >= 0.3 is 0 Å². The molecule has 0 atom stereocenters. The van der Waals surface area contributed by atoms with Crippen molar-refractivity contribution in [2.45, 2.75) is 26.2 Å². The zero-order chi connectivity index (χ0) is 19.6. The lowest BCUT2D eigenvalue weighted by atomic mass is 9.86. The highest BCUT2D eigenvalue weighted by molar-refractivity contribution is 5.64. The third-order valence-electron chi connectivity index (χ3n) is 4.35. The predicted molar refractivity (Wildman–Crippen MR) is 109 cm³/mol. The number of aromatic nitrogens is 3. The summed E-state index contributed by atoms with van der Waals surface area (Å²) in [6.45, 7) is 7.65. The van der Waals surface area contributed by atoms with Crippen LogP contribution in [0.15, 0.2) is 48.7 Å². The Morgan fingerprint density at radius 2 is 1.71 bits per heavy atom. The number of para-hydroxylation sites is 1. The molecule has 1 aromatic heterocycles. The van der Waals surface area contributed by atoms with Gasteiger partial charge in [-0.15, -0.1) is 5.10 Å². The molecule has 0 saturated heterocycles. The van der Waals surface area contributed by atoms with Gasteiger partial charge in [-0.25, -0.2) is 0 Å². The highest BCUT2D eigenvalue weighted by atomic mass is 16.6. The van der Waals surface area contributed by atoms with Crippen LogP contribution in [0.3, 0.4) is 0 Å². The van der Waals surface area contributed by atoms with Gasteiger partial charge in [0, 0.05) is 17.4 Å². The van der Waals surface area contributed by atoms with Crippen LogP contribution in [0.4, 0.5) is 23.1 Å². The zero-order valence-electron chi connectivity index (χ0n) is 16.2. The minimum Gasteiger partial charge on any atom is -0.486 e. The third kappa shape index (κ3) is 3.98. The van der Waals surface area contributed by atoms with E-state index in [1.54, 1.807) is 6.20 Å². The van der Waals surface area contributed by atoms with Gasteiger partial charge in [-0.1, -0.05) is 39.0 Å². The summed E-state index contributed by atoms with van der Waals surface area (Å²) < 4.78 is 11.2. The normalized spacial score (nSPS) is 13.1. The highest BCUT2D eigenvalue weighted by Crippen LogP contribution is 2.34. The van der Waals surface area contributed by atoms with Crippen LogP contribution in [0, 0.1) is 0 Å². The largest absolute Gasteiger partial charge is 0.486 e. The molecule has 2 aromatic carbocycles. The summed E-state index contributed by atoms with van der Waals surface area (Å²) in [5, 5.41) is 14.7. The van der Waals surface area contributed by atoms with E-state index in [0.29, 0.717) is 30.7 Å². The topological polar surface area (TPSA) is 81.2 Å². The standard InChI is InChI=1S/C21H23N5O2/c1-21(2,3)15-6-4-5-7-16(15)24-19-13-22-26-20(25-19)23-14-8-9-17-18(12-14)28-11-10-27-17/h4-9,12-13H,10-11H2,1-3H3,(H2,23,24,25,26). The Morgan fingerprint density at radius 1 is 0.929 bits per heavy atom. The average Bonchev–Trinajstić information content (AvgIpc) is 2.68. The van der Waals surface area contributed by atoms with Crippen LogP contribution in [0.5, 0.6) is 11.5 Å². The molecule has 0 unspecified atom stereocenters. The highest BCUT2D eigenvalue weighted by Gasteiger charge is 2.18. The van der Waals surface area contributed by atoms with Crippen LogP contribution >= 0.6 is 0 Å². The van der Waals surface area contributed by atoms with Gasteiger partial charge in [-0.05, 0) is 29.2 Å². The molecule has 1 aliphatic rings. The Morgan fingerprint density at radius 3 is 2.54 bits per heavy atom. The van der Waals surface area contributed by atoms with Crippen LogP contribution < -0.4 is 20.1 Å². The molecule has 4 rings (SSSR count). The van der Waals surface area contributed by atoms with Crippen molar-refractivity contribution in [2.24, 2.45) is 0 Å².